The number of hydrogen-bond donors (Lipinski definition) is 2. The van der Waals surface area contributed by atoms with E-state index in [0.29, 0.717) is 36.0 Å². The molecule has 2 aliphatic rings. The van der Waals surface area contributed by atoms with E-state index in [-0.39, 0.29) is 23.9 Å². The van der Waals surface area contributed by atoms with Crippen LogP contribution >= 0.6 is 11.8 Å². The summed E-state index contributed by atoms with van der Waals surface area (Å²) in [5.41, 5.74) is 2.33. The summed E-state index contributed by atoms with van der Waals surface area (Å²) < 4.78 is 25.7. The van der Waals surface area contributed by atoms with Crippen molar-refractivity contribution in [1.29, 1.82) is 0 Å². The second kappa shape index (κ2) is 10.2. The number of nitrogens with zero attached hydrogens (tertiary/aromatic N) is 2. The van der Waals surface area contributed by atoms with Gasteiger partial charge in [0.15, 0.2) is 5.82 Å². The van der Waals surface area contributed by atoms with Crippen LogP contribution in [0.4, 0.5) is 10.2 Å². The molecule has 0 unspecified atom stereocenters. The SMILES string of the molecule is COc1cc(F)c2nccc(CC[C@H]3CC[C@@H](NCc4ccc5c(n4)NC(=O)CS5)CO3)c2c1. The van der Waals surface area contributed by atoms with Crippen LogP contribution in [0.3, 0.4) is 0 Å². The molecule has 178 valence electrons. The van der Waals surface area contributed by atoms with Gasteiger partial charge in [0.05, 0.1) is 36.2 Å². The summed E-state index contributed by atoms with van der Waals surface area (Å²) >= 11 is 1.51. The molecule has 1 fully saturated rings. The van der Waals surface area contributed by atoms with Gasteiger partial charge in [0, 0.05) is 30.2 Å². The molecular formula is C25H27FN4O3S. The topological polar surface area (TPSA) is 85.4 Å². The number of benzene rings is 1. The van der Waals surface area contributed by atoms with Crippen molar-refractivity contribution in [3.63, 3.8) is 0 Å². The minimum atomic E-state index is -0.367. The maximum absolute atomic E-state index is 14.3. The zero-order chi connectivity index (χ0) is 23.5. The Morgan fingerprint density at radius 1 is 1.29 bits per heavy atom. The number of thioether (sulfide) groups is 1. The lowest BCUT2D eigenvalue weighted by atomic mass is 9.97. The van der Waals surface area contributed by atoms with Crippen LogP contribution < -0.4 is 15.4 Å². The van der Waals surface area contributed by atoms with Crippen molar-refractivity contribution in [3.8, 4) is 5.75 Å². The Labute approximate surface area is 201 Å². The van der Waals surface area contributed by atoms with Crippen molar-refractivity contribution in [2.24, 2.45) is 0 Å². The van der Waals surface area contributed by atoms with Crippen molar-refractivity contribution < 1.29 is 18.7 Å². The number of fused-ring (bicyclic) bond motifs is 2. The third-order valence-corrected chi connectivity index (χ3v) is 7.36. The average molecular weight is 483 g/mol. The average Bonchev–Trinajstić information content (AvgIpc) is 2.86. The maximum atomic E-state index is 14.3. The van der Waals surface area contributed by atoms with E-state index in [1.807, 2.05) is 24.3 Å². The molecule has 0 radical (unpaired) electrons. The van der Waals surface area contributed by atoms with Gasteiger partial charge in [-0.2, -0.15) is 0 Å². The maximum Gasteiger partial charge on any atom is 0.235 e. The monoisotopic (exact) mass is 482 g/mol. The molecule has 0 spiro atoms. The molecule has 2 atom stereocenters. The predicted octanol–water partition coefficient (Wildman–Crippen LogP) is 4.09. The number of carbonyl (C=O) groups is 1. The first-order chi connectivity index (χ1) is 16.6. The molecule has 1 saturated heterocycles. The number of aromatic nitrogens is 2. The number of pyridine rings is 2. The van der Waals surface area contributed by atoms with Crippen LogP contribution in [0.25, 0.3) is 10.9 Å². The molecule has 4 heterocycles. The van der Waals surface area contributed by atoms with Crippen LogP contribution in [-0.4, -0.2) is 47.5 Å². The van der Waals surface area contributed by atoms with Crippen LogP contribution in [0, 0.1) is 5.82 Å². The Kier molecular flexibility index (Phi) is 6.94. The quantitative estimate of drug-likeness (QED) is 0.525. The van der Waals surface area contributed by atoms with Gasteiger partial charge in [0.1, 0.15) is 17.1 Å². The largest absolute Gasteiger partial charge is 0.497 e. The van der Waals surface area contributed by atoms with E-state index >= 15 is 0 Å². The van der Waals surface area contributed by atoms with E-state index in [9.17, 15) is 9.18 Å². The first-order valence-corrected chi connectivity index (χ1v) is 12.5. The highest BCUT2D eigenvalue weighted by Gasteiger charge is 2.22. The third kappa shape index (κ3) is 5.16. The van der Waals surface area contributed by atoms with E-state index < -0.39 is 0 Å². The molecule has 0 bridgehead atoms. The van der Waals surface area contributed by atoms with Gasteiger partial charge in [0.25, 0.3) is 0 Å². The highest BCUT2D eigenvalue weighted by Crippen LogP contribution is 2.30. The smallest absolute Gasteiger partial charge is 0.235 e. The fourth-order valence-corrected chi connectivity index (χ4v) is 5.20. The number of methoxy groups -OCH3 is 1. The Morgan fingerprint density at radius 3 is 3.03 bits per heavy atom. The predicted molar refractivity (Wildman–Crippen MR) is 130 cm³/mol. The number of nitrogens with one attached hydrogen (secondary N) is 2. The van der Waals surface area contributed by atoms with Gasteiger partial charge in [-0.25, -0.2) is 9.37 Å². The van der Waals surface area contributed by atoms with Gasteiger partial charge in [-0.15, -0.1) is 11.8 Å². The molecule has 9 heteroatoms. The number of rotatable bonds is 7. The van der Waals surface area contributed by atoms with Crippen LogP contribution in [0.2, 0.25) is 0 Å². The molecule has 7 nitrogen and oxygen atoms in total. The molecule has 1 amide bonds. The zero-order valence-corrected chi connectivity index (χ0v) is 19.8. The molecular weight excluding hydrogens is 455 g/mol. The van der Waals surface area contributed by atoms with Gasteiger partial charge in [-0.05, 0) is 55.5 Å². The number of hydrogen-bond acceptors (Lipinski definition) is 7. The first kappa shape index (κ1) is 23.0. The number of amides is 1. The second-order valence-electron chi connectivity index (χ2n) is 8.61. The summed E-state index contributed by atoms with van der Waals surface area (Å²) in [5, 5.41) is 7.15. The normalized spacial score (nSPS) is 20.1. The van der Waals surface area contributed by atoms with E-state index in [4.69, 9.17) is 9.47 Å². The van der Waals surface area contributed by atoms with Gasteiger partial charge in [-0.1, -0.05) is 0 Å². The lowest BCUT2D eigenvalue weighted by Crippen LogP contribution is -2.39. The Balaban J connectivity index is 1.12. The first-order valence-electron chi connectivity index (χ1n) is 11.5. The third-order valence-electron chi connectivity index (χ3n) is 6.31. The number of aryl methyl sites for hydroxylation is 1. The van der Waals surface area contributed by atoms with Crippen molar-refractivity contribution in [3.05, 3.63) is 53.6 Å². The molecule has 0 aliphatic carbocycles. The number of halogens is 1. The number of carbonyl (C=O) groups excluding carboxylic acids is 1. The lowest BCUT2D eigenvalue weighted by molar-refractivity contribution is -0.113. The number of anilines is 1. The molecule has 0 saturated carbocycles. The standard InChI is InChI=1S/C25H27FN4O3S/c1-32-19-10-20-15(8-9-27-24(20)21(26)11-19)2-5-18-6-3-17(13-33-18)28-12-16-4-7-22-25(29-16)30-23(31)14-34-22/h4,7-11,17-18,28H,2-3,5-6,12-14H2,1H3,(H,29,30,31)/t17-,18+/m1/s1. The van der Waals surface area contributed by atoms with E-state index in [2.05, 4.69) is 20.6 Å². The highest BCUT2D eigenvalue weighted by atomic mass is 32.2. The van der Waals surface area contributed by atoms with Gasteiger partial charge in [0.2, 0.25) is 5.91 Å². The van der Waals surface area contributed by atoms with Crippen LogP contribution in [0.1, 0.15) is 30.5 Å². The number of ether oxygens (including phenoxy) is 2. The molecule has 2 aliphatic heterocycles. The minimum absolute atomic E-state index is 0.00846. The van der Waals surface area contributed by atoms with Crippen molar-refractivity contribution in [2.75, 3.05) is 24.8 Å². The molecule has 2 aromatic heterocycles. The lowest BCUT2D eigenvalue weighted by Gasteiger charge is -2.30. The minimum Gasteiger partial charge on any atom is -0.497 e. The van der Waals surface area contributed by atoms with Crippen LogP contribution in [0.5, 0.6) is 5.75 Å². The van der Waals surface area contributed by atoms with Crippen LogP contribution in [-0.2, 0) is 22.5 Å². The van der Waals surface area contributed by atoms with E-state index in [1.54, 1.807) is 6.20 Å². The fraction of sp³-hybridized carbons (Fsp3) is 0.400. The zero-order valence-electron chi connectivity index (χ0n) is 19.0. The van der Waals surface area contributed by atoms with Crippen molar-refractivity contribution >= 4 is 34.4 Å². The molecule has 34 heavy (non-hydrogen) atoms. The van der Waals surface area contributed by atoms with E-state index in [0.717, 1.165) is 47.2 Å². The fourth-order valence-electron chi connectivity index (χ4n) is 4.44. The Bertz CT molecular complexity index is 1200. The Morgan fingerprint density at radius 2 is 2.21 bits per heavy atom. The molecule has 5 rings (SSSR count). The van der Waals surface area contributed by atoms with Gasteiger partial charge < -0.3 is 20.1 Å². The summed E-state index contributed by atoms with van der Waals surface area (Å²) in [7, 11) is 1.54. The summed E-state index contributed by atoms with van der Waals surface area (Å²) in [5.74, 6) is 1.22. The summed E-state index contributed by atoms with van der Waals surface area (Å²) in [6.45, 7) is 1.27. The highest BCUT2D eigenvalue weighted by molar-refractivity contribution is 8.00. The molecule has 1 aromatic carbocycles. The second-order valence-corrected chi connectivity index (χ2v) is 9.63. The van der Waals surface area contributed by atoms with Gasteiger partial charge >= 0.3 is 0 Å². The van der Waals surface area contributed by atoms with Gasteiger partial charge in [-0.3, -0.25) is 9.78 Å². The van der Waals surface area contributed by atoms with Crippen molar-refractivity contribution in [2.45, 2.75) is 49.3 Å². The summed E-state index contributed by atoms with van der Waals surface area (Å²) in [4.78, 5) is 21.4. The Hall–Kier alpha value is -2.75. The molecule has 2 N–H and O–H groups in total. The molecule has 3 aromatic rings. The van der Waals surface area contributed by atoms with Crippen LogP contribution in [0.15, 0.2) is 41.4 Å². The summed E-state index contributed by atoms with van der Waals surface area (Å²) in [6, 6.07) is 9.44. The van der Waals surface area contributed by atoms with E-state index in [1.165, 1.54) is 24.9 Å². The van der Waals surface area contributed by atoms with Crippen molar-refractivity contribution in [1.82, 2.24) is 15.3 Å². The summed E-state index contributed by atoms with van der Waals surface area (Å²) in [6.07, 6.45) is 5.47.